The van der Waals surface area contributed by atoms with Gasteiger partial charge in [0.25, 0.3) is 0 Å². The van der Waals surface area contributed by atoms with Gasteiger partial charge in [-0.25, -0.2) is 4.98 Å². The number of aromatic nitrogens is 2. The Balaban J connectivity index is 1.52. The summed E-state index contributed by atoms with van der Waals surface area (Å²) in [5.41, 5.74) is 5.47. The fourth-order valence-corrected chi connectivity index (χ4v) is 2.52. The van der Waals surface area contributed by atoms with Gasteiger partial charge in [-0.15, -0.1) is 0 Å². The van der Waals surface area contributed by atoms with Crippen LogP contribution < -0.4 is 5.32 Å². The van der Waals surface area contributed by atoms with Crippen LogP contribution in [-0.4, -0.2) is 15.9 Å². The molecule has 0 spiro atoms. The SMILES string of the molecule is Cc1ccccc1CCC(=O)NCc1ccc2nc[nH]c2c1. The Kier molecular flexibility index (Phi) is 4.19. The summed E-state index contributed by atoms with van der Waals surface area (Å²) in [7, 11) is 0. The first-order valence-electron chi connectivity index (χ1n) is 7.45. The fraction of sp³-hybridized carbons (Fsp3) is 0.222. The van der Waals surface area contributed by atoms with E-state index in [1.165, 1.54) is 11.1 Å². The molecule has 1 aromatic heterocycles. The maximum absolute atomic E-state index is 12.0. The van der Waals surface area contributed by atoms with Crippen molar-refractivity contribution in [3.05, 3.63) is 65.5 Å². The molecule has 0 unspecified atom stereocenters. The third-order valence-corrected chi connectivity index (χ3v) is 3.86. The number of benzene rings is 2. The van der Waals surface area contributed by atoms with Crippen LogP contribution in [0.4, 0.5) is 0 Å². The van der Waals surface area contributed by atoms with Crippen LogP contribution in [0.5, 0.6) is 0 Å². The molecular formula is C18H19N3O. The number of hydrogen-bond acceptors (Lipinski definition) is 2. The highest BCUT2D eigenvalue weighted by Gasteiger charge is 2.05. The van der Waals surface area contributed by atoms with Crippen LogP contribution in [-0.2, 0) is 17.8 Å². The van der Waals surface area contributed by atoms with E-state index in [0.717, 1.165) is 23.0 Å². The van der Waals surface area contributed by atoms with Gasteiger partial charge in [0.15, 0.2) is 0 Å². The molecular weight excluding hydrogens is 274 g/mol. The quantitative estimate of drug-likeness (QED) is 0.759. The van der Waals surface area contributed by atoms with Crippen molar-refractivity contribution in [3.63, 3.8) is 0 Å². The minimum absolute atomic E-state index is 0.0768. The average Bonchev–Trinajstić information content (AvgIpc) is 2.99. The second-order valence-corrected chi connectivity index (χ2v) is 5.46. The Morgan fingerprint density at radius 3 is 2.95 bits per heavy atom. The van der Waals surface area contributed by atoms with Gasteiger partial charge in [0.1, 0.15) is 0 Å². The number of aromatic amines is 1. The summed E-state index contributed by atoms with van der Waals surface area (Å²) in [6.45, 7) is 2.62. The van der Waals surface area contributed by atoms with E-state index >= 15 is 0 Å². The number of imidazole rings is 1. The van der Waals surface area contributed by atoms with Crippen LogP contribution in [0.2, 0.25) is 0 Å². The molecule has 1 heterocycles. The maximum Gasteiger partial charge on any atom is 0.220 e. The first-order chi connectivity index (χ1) is 10.7. The van der Waals surface area contributed by atoms with Gasteiger partial charge < -0.3 is 10.3 Å². The smallest absolute Gasteiger partial charge is 0.220 e. The number of amides is 1. The molecule has 22 heavy (non-hydrogen) atoms. The van der Waals surface area contributed by atoms with Crippen molar-refractivity contribution in [1.82, 2.24) is 15.3 Å². The van der Waals surface area contributed by atoms with Crippen LogP contribution >= 0.6 is 0 Å². The number of rotatable bonds is 5. The summed E-state index contributed by atoms with van der Waals surface area (Å²) < 4.78 is 0. The molecule has 0 saturated carbocycles. The van der Waals surface area contributed by atoms with E-state index in [1.807, 2.05) is 30.3 Å². The van der Waals surface area contributed by atoms with Gasteiger partial charge >= 0.3 is 0 Å². The minimum Gasteiger partial charge on any atom is -0.352 e. The molecule has 0 aliphatic heterocycles. The Morgan fingerprint density at radius 2 is 2.09 bits per heavy atom. The van der Waals surface area contributed by atoms with Crippen molar-refractivity contribution in [1.29, 1.82) is 0 Å². The molecule has 112 valence electrons. The minimum atomic E-state index is 0.0768. The zero-order chi connectivity index (χ0) is 15.4. The highest BCUT2D eigenvalue weighted by atomic mass is 16.1. The van der Waals surface area contributed by atoms with Crippen LogP contribution in [0, 0.1) is 6.92 Å². The molecule has 0 aliphatic carbocycles. The normalized spacial score (nSPS) is 10.8. The van der Waals surface area contributed by atoms with Gasteiger partial charge in [0.2, 0.25) is 5.91 Å². The lowest BCUT2D eigenvalue weighted by atomic mass is 10.0. The van der Waals surface area contributed by atoms with Gasteiger partial charge in [0.05, 0.1) is 17.4 Å². The van der Waals surface area contributed by atoms with Crippen LogP contribution in [0.25, 0.3) is 11.0 Å². The molecule has 2 N–H and O–H groups in total. The lowest BCUT2D eigenvalue weighted by Gasteiger charge is -2.07. The summed E-state index contributed by atoms with van der Waals surface area (Å²) in [4.78, 5) is 19.2. The molecule has 4 heteroatoms. The molecule has 0 bridgehead atoms. The first-order valence-corrected chi connectivity index (χ1v) is 7.45. The predicted octanol–water partition coefficient (Wildman–Crippen LogP) is 3.12. The molecule has 0 aliphatic rings. The Morgan fingerprint density at radius 1 is 1.23 bits per heavy atom. The van der Waals surface area contributed by atoms with Gasteiger partial charge in [0, 0.05) is 13.0 Å². The largest absolute Gasteiger partial charge is 0.352 e. The van der Waals surface area contributed by atoms with Gasteiger partial charge in [-0.2, -0.15) is 0 Å². The summed E-state index contributed by atoms with van der Waals surface area (Å²) in [5, 5.41) is 2.97. The maximum atomic E-state index is 12.0. The standard InChI is InChI=1S/C18H19N3O/c1-13-4-2-3-5-15(13)7-9-18(22)19-11-14-6-8-16-17(10-14)21-12-20-16/h2-6,8,10,12H,7,9,11H2,1H3,(H,19,22)(H,20,21). The van der Waals surface area contributed by atoms with Crippen molar-refractivity contribution in [2.75, 3.05) is 0 Å². The summed E-state index contributed by atoms with van der Waals surface area (Å²) in [6, 6.07) is 14.2. The number of H-pyrrole nitrogens is 1. The molecule has 2 aromatic carbocycles. The van der Waals surface area contributed by atoms with E-state index in [2.05, 4.69) is 34.3 Å². The second kappa shape index (κ2) is 6.43. The van der Waals surface area contributed by atoms with Crippen molar-refractivity contribution < 1.29 is 4.79 Å². The Labute approximate surface area is 129 Å². The third kappa shape index (κ3) is 3.34. The number of carbonyl (C=O) groups excluding carboxylic acids is 1. The van der Waals surface area contributed by atoms with E-state index in [-0.39, 0.29) is 5.91 Å². The highest BCUT2D eigenvalue weighted by Crippen LogP contribution is 2.12. The molecule has 0 saturated heterocycles. The number of nitrogens with one attached hydrogen (secondary N) is 2. The topological polar surface area (TPSA) is 57.8 Å². The van der Waals surface area contributed by atoms with Crippen molar-refractivity contribution in [2.45, 2.75) is 26.3 Å². The van der Waals surface area contributed by atoms with Crippen molar-refractivity contribution in [3.8, 4) is 0 Å². The lowest BCUT2D eigenvalue weighted by molar-refractivity contribution is -0.121. The zero-order valence-electron chi connectivity index (χ0n) is 12.6. The molecule has 4 nitrogen and oxygen atoms in total. The molecule has 0 fully saturated rings. The number of carbonyl (C=O) groups is 1. The van der Waals surface area contributed by atoms with E-state index in [0.29, 0.717) is 13.0 Å². The number of nitrogens with zero attached hydrogens (tertiary/aromatic N) is 1. The van der Waals surface area contributed by atoms with Crippen LogP contribution in [0.15, 0.2) is 48.8 Å². The summed E-state index contributed by atoms with van der Waals surface area (Å²) in [5.74, 6) is 0.0768. The predicted molar refractivity (Wildman–Crippen MR) is 87.4 cm³/mol. The van der Waals surface area contributed by atoms with Crippen LogP contribution in [0.1, 0.15) is 23.1 Å². The summed E-state index contributed by atoms with van der Waals surface area (Å²) >= 11 is 0. The first kappa shape index (κ1) is 14.3. The van der Waals surface area contributed by atoms with E-state index in [1.54, 1.807) is 6.33 Å². The zero-order valence-corrected chi connectivity index (χ0v) is 12.6. The molecule has 3 rings (SSSR count). The van der Waals surface area contributed by atoms with Gasteiger partial charge in [-0.3, -0.25) is 4.79 Å². The van der Waals surface area contributed by atoms with Gasteiger partial charge in [-0.1, -0.05) is 30.3 Å². The average molecular weight is 293 g/mol. The number of fused-ring (bicyclic) bond motifs is 1. The van der Waals surface area contributed by atoms with Crippen LogP contribution in [0.3, 0.4) is 0 Å². The van der Waals surface area contributed by atoms with E-state index in [4.69, 9.17) is 0 Å². The monoisotopic (exact) mass is 293 g/mol. The lowest BCUT2D eigenvalue weighted by Crippen LogP contribution is -2.23. The van der Waals surface area contributed by atoms with E-state index in [9.17, 15) is 4.79 Å². The second-order valence-electron chi connectivity index (χ2n) is 5.46. The fourth-order valence-electron chi connectivity index (χ4n) is 2.52. The number of hydrogen-bond donors (Lipinski definition) is 2. The third-order valence-electron chi connectivity index (χ3n) is 3.86. The Hall–Kier alpha value is -2.62. The molecule has 1 amide bonds. The molecule has 0 atom stereocenters. The summed E-state index contributed by atoms with van der Waals surface area (Å²) in [6.07, 6.45) is 2.96. The Bertz CT molecular complexity index is 792. The highest BCUT2D eigenvalue weighted by molar-refractivity contribution is 5.77. The van der Waals surface area contributed by atoms with Crippen molar-refractivity contribution >= 4 is 16.9 Å². The molecule has 0 radical (unpaired) electrons. The van der Waals surface area contributed by atoms with Crippen molar-refractivity contribution in [2.24, 2.45) is 0 Å². The van der Waals surface area contributed by atoms with E-state index < -0.39 is 0 Å². The number of aryl methyl sites for hydroxylation is 2. The van der Waals surface area contributed by atoms with Gasteiger partial charge in [-0.05, 0) is 42.2 Å². The molecule has 3 aromatic rings.